The summed E-state index contributed by atoms with van der Waals surface area (Å²) < 4.78 is 0. The summed E-state index contributed by atoms with van der Waals surface area (Å²) in [6.45, 7) is 4.46. The van der Waals surface area contributed by atoms with Crippen molar-refractivity contribution in [2.75, 3.05) is 13.1 Å². The molecule has 2 N–H and O–H groups in total. The van der Waals surface area contributed by atoms with E-state index in [2.05, 4.69) is 16.8 Å². The zero-order valence-corrected chi connectivity index (χ0v) is 9.13. The zero-order chi connectivity index (χ0) is 10.4. The summed E-state index contributed by atoms with van der Waals surface area (Å²) in [7, 11) is 0. The van der Waals surface area contributed by atoms with Gasteiger partial charge in [0.05, 0.1) is 10.7 Å². The van der Waals surface area contributed by atoms with Crippen LogP contribution in [0.5, 0.6) is 0 Å². The van der Waals surface area contributed by atoms with Crippen molar-refractivity contribution in [3.05, 3.63) is 30.1 Å². The lowest BCUT2D eigenvalue weighted by Crippen LogP contribution is -2.32. The van der Waals surface area contributed by atoms with Gasteiger partial charge >= 0.3 is 0 Å². The van der Waals surface area contributed by atoms with E-state index in [1.807, 2.05) is 18.2 Å². The molecule has 0 fully saturated rings. The monoisotopic (exact) mass is 209 g/mol. The summed E-state index contributed by atoms with van der Waals surface area (Å²) in [4.78, 5) is 6.94. The van der Waals surface area contributed by atoms with Crippen LogP contribution in [0.25, 0.3) is 0 Å². The smallest absolute Gasteiger partial charge is 0.0870 e. The van der Waals surface area contributed by atoms with Gasteiger partial charge in [0, 0.05) is 19.3 Å². The summed E-state index contributed by atoms with van der Waals surface area (Å²) in [5, 5.41) is 0. The largest absolute Gasteiger partial charge is 0.392 e. The molecule has 0 bridgehead atoms. The molecule has 0 radical (unpaired) electrons. The topological polar surface area (TPSA) is 42.1 Å². The van der Waals surface area contributed by atoms with Crippen molar-refractivity contribution >= 4 is 17.2 Å². The van der Waals surface area contributed by atoms with E-state index < -0.39 is 0 Å². The maximum atomic E-state index is 5.49. The van der Waals surface area contributed by atoms with Crippen LogP contribution < -0.4 is 5.73 Å². The molecule has 0 amide bonds. The Hall–Kier alpha value is -1.00. The molecule has 1 aromatic rings. The normalized spacial score (nSPS) is 10.4. The van der Waals surface area contributed by atoms with Gasteiger partial charge in [-0.2, -0.15) is 0 Å². The number of nitrogens with two attached hydrogens (primary N) is 1. The average Bonchev–Trinajstić information content (AvgIpc) is 2.17. The first-order valence-electron chi connectivity index (χ1n) is 4.63. The molecule has 1 aromatic heterocycles. The Kier molecular flexibility index (Phi) is 4.49. The van der Waals surface area contributed by atoms with Crippen molar-refractivity contribution in [2.24, 2.45) is 5.73 Å². The summed E-state index contributed by atoms with van der Waals surface area (Å²) in [5.41, 5.74) is 6.54. The van der Waals surface area contributed by atoms with Crippen LogP contribution in [-0.4, -0.2) is 28.0 Å². The van der Waals surface area contributed by atoms with Crippen LogP contribution in [0, 0.1) is 0 Å². The third-order valence-corrected chi connectivity index (χ3v) is 2.07. The summed E-state index contributed by atoms with van der Waals surface area (Å²) in [6, 6.07) is 5.90. The second-order valence-corrected chi connectivity index (χ2v) is 3.62. The predicted molar refractivity (Wildman–Crippen MR) is 62.0 cm³/mol. The van der Waals surface area contributed by atoms with E-state index in [9.17, 15) is 0 Å². The lowest BCUT2D eigenvalue weighted by atomic mass is 10.3. The molecule has 0 saturated heterocycles. The van der Waals surface area contributed by atoms with Gasteiger partial charge in [-0.3, -0.25) is 9.88 Å². The Balaban J connectivity index is 2.53. The number of pyridine rings is 1. The Morgan fingerprint density at radius 3 is 2.86 bits per heavy atom. The van der Waals surface area contributed by atoms with E-state index >= 15 is 0 Å². The maximum absolute atomic E-state index is 5.49. The minimum atomic E-state index is 0.530. The Bertz CT molecular complexity index is 287. The molecule has 0 aromatic carbocycles. The highest BCUT2D eigenvalue weighted by Gasteiger charge is 2.04. The Labute approximate surface area is 89.9 Å². The van der Waals surface area contributed by atoms with E-state index in [1.54, 1.807) is 6.20 Å². The minimum Gasteiger partial charge on any atom is -0.392 e. The van der Waals surface area contributed by atoms with Crippen LogP contribution in [-0.2, 0) is 6.54 Å². The van der Waals surface area contributed by atoms with Crippen molar-refractivity contribution in [3.63, 3.8) is 0 Å². The van der Waals surface area contributed by atoms with Crippen molar-refractivity contribution in [3.8, 4) is 0 Å². The molecule has 0 atom stereocenters. The summed E-state index contributed by atoms with van der Waals surface area (Å²) in [5.74, 6) is 0. The van der Waals surface area contributed by atoms with Crippen LogP contribution in [0.3, 0.4) is 0 Å². The highest BCUT2D eigenvalue weighted by Crippen LogP contribution is 1.99. The van der Waals surface area contributed by atoms with Gasteiger partial charge in [-0.25, -0.2) is 0 Å². The maximum Gasteiger partial charge on any atom is 0.0870 e. The van der Waals surface area contributed by atoms with Gasteiger partial charge in [-0.1, -0.05) is 25.2 Å². The first-order valence-corrected chi connectivity index (χ1v) is 5.03. The zero-order valence-electron chi connectivity index (χ0n) is 8.31. The first kappa shape index (κ1) is 11.1. The Morgan fingerprint density at radius 1 is 1.57 bits per heavy atom. The van der Waals surface area contributed by atoms with Crippen LogP contribution >= 0.6 is 12.2 Å². The number of rotatable bonds is 5. The molecule has 76 valence electrons. The molecule has 3 nitrogen and oxygen atoms in total. The Morgan fingerprint density at radius 2 is 2.36 bits per heavy atom. The molecule has 1 rings (SSSR count). The van der Waals surface area contributed by atoms with Gasteiger partial charge in [-0.15, -0.1) is 0 Å². The fraction of sp³-hybridized carbons (Fsp3) is 0.400. The standard InChI is InChI=1S/C10H15N3S/c1-2-13(8-10(11)14)7-9-5-3-4-6-12-9/h3-6H,2,7-8H2,1H3,(H2,11,14). The summed E-state index contributed by atoms with van der Waals surface area (Å²) >= 11 is 4.87. The molecule has 0 spiro atoms. The number of thiocarbonyl (C=S) groups is 1. The molecule has 0 aliphatic rings. The molecule has 0 saturated carbocycles. The van der Waals surface area contributed by atoms with E-state index in [-0.39, 0.29) is 0 Å². The van der Waals surface area contributed by atoms with Crippen molar-refractivity contribution < 1.29 is 0 Å². The molecule has 4 heteroatoms. The van der Waals surface area contributed by atoms with Gasteiger partial charge < -0.3 is 5.73 Å². The van der Waals surface area contributed by atoms with Gasteiger partial charge in [0.15, 0.2) is 0 Å². The average molecular weight is 209 g/mol. The quantitative estimate of drug-likeness (QED) is 0.740. The molecule has 0 aliphatic carbocycles. The van der Waals surface area contributed by atoms with E-state index in [1.165, 1.54) is 0 Å². The lowest BCUT2D eigenvalue weighted by Gasteiger charge is -2.18. The van der Waals surface area contributed by atoms with Gasteiger partial charge in [0.1, 0.15) is 0 Å². The van der Waals surface area contributed by atoms with E-state index in [0.717, 1.165) is 18.8 Å². The highest BCUT2D eigenvalue weighted by atomic mass is 32.1. The van der Waals surface area contributed by atoms with Crippen LogP contribution in [0.15, 0.2) is 24.4 Å². The van der Waals surface area contributed by atoms with Crippen LogP contribution in [0.2, 0.25) is 0 Å². The van der Waals surface area contributed by atoms with Crippen molar-refractivity contribution in [1.82, 2.24) is 9.88 Å². The third-order valence-electron chi connectivity index (χ3n) is 1.94. The van der Waals surface area contributed by atoms with E-state index in [4.69, 9.17) is 18.0 Å². The van der Waals surface area contributed by atoms with E-state index in [0.29, 0.717) is 11.5 Å². The predicted octanol–water partition coefficient (Wildman–Crippen LogP) is 1.19. The SMILES string of the molecule is CCN(CC(N)=S)Cc1ccccn1. The lowest BCUT2D eigenvalue weighted by molar-refractivity contribution is 0.317. The van der Waals surface area contributed by atoms with Crippen LogP contribution in [0.1, 0.15) is 12.6 Å². The number of hydrogen-bond donors (Lipinski definition) is 1. The molecule has 0 unspecified atom stereocenters. The highest BCUT2D eigenvalue weighted by molar-refractivity contribution is 7.80. The fourth-order valence-corrected chi connectivity index (χ4v) is 1.40. The minimum absolute atomic E-state index is 0.530. The second-order valence-electron chi connectivity index (χ2n) is 3.09. The number of aromatic nitrogens is 1. The van der Waals surface area contributed by atoms with Crippen LogP contribution in [0.4, 0.5) is 0 Å². The van der Waals surface area contributed by atoms with Gasteiger partial charge in [0.2, 0.25) is 0 Å². The fourth-order valence-electron chi connectivity index (χ4n) is 1.22. The molecular weight excluding hydrogens is 194 g/mol. The number of likely N-dealkylation sites (N-methyl/N-ethyl adjacent to an activating group) is 1. The number of nitrogens with zero attached hydrogens (tertiary/aromatic N) is 2. The molecule has 14 heavy (non-hydrogen) atoms. The van der Waals surface area contributed by atoms with Gasteiger partial charge in [0.25, 0.3) is 0 Å². The summed E-state index contributed by atoms with van der Waals surface area (Å²) in [6.07, 6.45) is 1.80. The molecular formula is C10H15N3S. The van der Waals surface area contributed by atoms with Crippen molar-refractivity contribution in [1.29, 1.82) is 0 Å². The molecule has 1 heterocycles. The molecule has 0 aliphatic heterocycles. The third kappa shape index (κ3) is 3.81. The second kappa shape index (κ2) is 5.67. The first-order chi connectivity index (χ1) is 6.72. The number of hydrogen-bond acceptors (Lipinski definition) is 3. The van der Waals surface area contributed by atoms with Crippen molar-refractivity contribution in [2.45, 2.75) is 13.5 Å². The van der Waals surface area contributed by atoms with Gasteiger partial charge in [-0.05, 0) is 18.7 Å².